The molecule has 2 aromatic rings. The monoisotopic (exact) mass is 349 g/mol. The van der Waals surface area contributed by atoms with E-state index >= 15 is 0 Å². The van der Waals surface area contributed by atoms with Gasteiger partial charge in [0, 0.05) is 25.2 Å². The van der Waals surface area contributed by atoms with Crippen LogP contribution in [0.4, 0.5) is 8.78 Å². The number of β-amino-alcohol motifs (C(OH)–C–C–N with tert-alkyl or cyclic N) is 1. The molecule has 134 valence electrons. The van der Waals surface area contributed by atoms with Crippen molar-refractivity contribution in [3.05, 3.63) is 65.2 Å². The van der Waals surface area contributed by atoms with E-state index in [4.69, 9.17) is 4.74 Å². The Bertz CT molecular complexity index is 741. The summed E-state index contributed by atoms with van der Waals surface area (Å²) in [5.41, 5.74) is -0.584. The molecular formula is C19H21F2NO3. The number of piperidine rings is 1. The zero-order chi connectivity index (χ0) is 18.0. The van der Waals surface area contributed by atoms with Gasteiger partial charge < -0.3 is 14.9 Å². The fraction of sp³-hybridized carbons (Fsp3) is 0.368. The van der Waals surface area contributed by atoms with Gasteiger partial charge in [-0.3, -0.25) is 4.90 Å². The third-order valence-corrected chi connectivity index (χ3v) is 4.82. The van der Waals surface area contributed by atoms with Crippen molar-refractivity contribution in [2.75, 3.05) is 20.2 Å². The smallest absolute Gasteiger partial charge is 0.167 e. The van der Waals surface area contributed by atoms with Crippen molar-refractivity contribution in [3.63, 3.8) is 0 Å². The molecule has 2 N–H and O–H groups in total. The van der Waals surface area contributed by atoms with Gasteiger partial charge in [0.2, 0.25) is 0 Å². The molecule has 0 aromatic heterocycles. The predicted octanol–water partition coefficient (Wildman–Crippen LogP) is 2.43. The zero-order valence-corrected chi connectivity index (χ0v) is 14.0. The van der Waals surface area contributed by atoms with Crippen molar-refractivity contribution < 1.29 is 23.7 Å². The Kier molecular flexibility index (Phi) is 5.03. The standard InChI is InChI=1S/C19H21F2NO3/c1-25-16-8-7-15(20)18(21)14(16)11-22-10-9-19(24,17(23)12-22)13-5-3-2-4-6-13/h2-8,17,23-24H,9-12H2,1H3/t17-,19-/m0/s1. The lowest BCUT2D eigenvalue weighted by Crippen LogP contribution is -2.53. The molecule has 1 fully saturated rings. The summed E-state index contributed by atoms with van der Waals surface area (Å²) in [6.45, 7) is 0.667. The molecule has 2 atom stereocenters. The van der Waals surface area contributed by atoms with E-state index < -0.39 is 23.3 Å². The highest BCUT2D eigenvalue weighted by Gasteiger charge is 2.42. The van der Waals surface area contributed by atoms with E-state index in [0.717, 1.165) is 6.07 Å². The average molecular weight is 349 g/mol. The maximum atomic E-state index is 14.1. The van der Waals surface area contributed by atoms with Crippen molar-refractivity contribution in [1.82, 2.24) is 4.90 Å². The van der Waals surface area contributed by atoms with Crippen LogP contribution in [0.15, 0.2) is 42.5 Å². The second-order valence-electron chi connectivity index (χ2n) is 6.33. The zero-order valence-electron chi connectivity index (χ0n) is 14.0. The van der Waals surface area contributed by atoms with Crippen molar-refractivity contribution >= 4 is 0 Å². The number of hydrogen-bond donors (Lipinski definition) is 2. The van der Waals surface area contributed by atoms with Crippen LogP contribution >= 0.6 is 0 Å². The van der Waals surface area contributed by atoms with E-state index in [1.165, 1.54) is 13.2 Å². The van der Waals surface area contributed by atoms with Crippen LogP contribution in [0.1, 0.15) is 17.5 Å². The fourth-order valence-electron chi connectivity index (χ4n) is 3.33. The summed E-state index contributed by atoms with van der Waals surface area (Å²) in [6.07, 6.45) is -0.747. The van der Waals surface area contributed by atoms with Crippen molar-refractivity contribution in [2.45, 2.75) is 24.7 Å². The number of hydrogen-bond acceptors (Lipinski definition) is 4. The molecule has 0 spiro atoms. The summed E-state index contributed by atoms with van der Waals surface area (Å²) in [7, 11) is 1.40. The molecule has 2 aromatic carbocycles. The second kappa shape index (κ2) is 7.07. The largest absolute Gasteiger partial charge is 0.496 e. The van der Waals surface area contributed by atoms with E-state index in [9.17, 15) is 19.0 Å². The van der Waals surface area contributed by atoms with Gasteiger partial charge >= 0.3 is 0 Å². The van der Waals surface area contributed by atoms with Crippen molar-refractivity contribution in [1.29, 1.82) is 0 Å². The van der Waals surface area contributed by atoms with Crippen LogP contribution in [0.3, 0.4) is 0 Å². The minimum Gasteiger partial charge on any atom is -0.496 e. The van der Waals surface area contributed by atoms with Gasteiger partial charge in [-0.2, -0.15) is 0 Å². The van der Waals surface area contributed by atoms with E-state index in [-0.39, 0.29) is 30.8 Å². The minimum atomic E-state index is -1.34. The first-order chi connectivity index (χ1) is 12.0. The van der Waals surface area contributed by atoms with Gasteiger partial charge in [-0.05, 0) is 24.1 Å². The topological polar surface area (TPSA) is 52.9 Å². The van der Waals surface area contributed by atoms with Crippen molar-refractivity contribution in [3.8, 4) is 5.75 Å². The molecule has 25 heavy (non-hydrogen) atoms. The molecule has 1 heterocycles. The number of benzene rings is 2. The molecule has 0 saturated carbocycles. The summed E-state index contributed by atoms with van der Waals surface area (Å²) < 4.78 is 32.8. The summed E-state index contributed by atoms with van der Waals surface area (Å²) in [5.74, 6) is -1.62. The molecular weight excluding hydrogens is 328 g/mol. The Labute approximate surface area is 145 Å². The maximum absolute atomic E-state index is 14.1. The normalized spacial score (nSPS) is 24.3. The van der Waals surface area contributed by atoms with Gasteiger partial charge in [0.25, 0.3) is 0 Å². The quantitative estimate of drug-likeness (QED) is 0.890. The van der Waals surface area contributed by atoms with Crippen LogP contribution in [-0.4, -0.2) is 41.4 Å². The molecule has 0 unspecified atom stereocenters. The molecule has 1 saturated heterocycles. The Balaban J connectivity index is 1.78. The lowest BCUT2D eigenvalue weighted by Gasteiger charge is -2.42. The van der Waals surface area contributed by atoms with Crippen LogP contribution in [0.5, 0.6) is 5.75 Å². The Morgan fingerprint density at radius 1 is 1.20 bits per heavy atom. The number of aliphatic hydroxyl groups is 2. The summed E-state index contributed by atoms with van der Waals surface area (Å²) in [6, 6.07) is 11.4. The first-order valence-corrected chi connectivity index (χ1v) is 8.15. The van der Waals surface area contributed by atoms with E-state index in [1.54, 1.807) is 29.2 Å². The fourth-order valence-corrected chi connectivity index (χ4v) is 3.33. The first kappa shape index (κ1) is 17.8. The number of nitrogens with zero attached hydrogens (tertiary/aromatic N) is 1. The van der Waals surface area contributed by atoms with Crippen molar-refractivity contribution in [2.24, 2.45) is 0 Å². The highest BCUT2D eigenvalue weighted by atomic mass is 19.2. The number of likely N-dealkylation sites (tertiary alicyclic amines) is 1. The Morgan fingerprint density at radius 3 is 2.56 bits per heavy atom. The highest BCUT2D eigenvalue weighted by molar-refractivity contribution is 5.35. The Hall–Kier alpha value is -2.02. The minimum absolute atomic E-state index is 0.0920. The highest BCUT2D eigenvalue weighted by Crippen LogP contribution is 2.34. The van der Waals surface area contributed by atoms with Gasteiger partial charge in [-0.1, -0.05) is 30.3 Å². The SMILES string of the molecule is COc1ccc(F)c(F)c1CN1CC[C@](O)(c2ccccc2)[C@@H](O)C1. The van der Waals surface area contributed by atoms with Crippen LogP contribution in [0.2, 0.25) is 0 Å². The van der Waals surface area contributed by atoms with Gasteiger partial charge in [-0.15, -0.1) is 0 Å². The average Bonchev–Trinajstić information content (AvgIpc) is 2.63. The van der Waals surface area contributed by atoms with Gasteiger partial charge in [0.15, 0.2) is 11.6 Å². The lowest BCUT2D eigenvalue weighted by atomic mass is 9.82. The van der Waals surface area contributed by atoms with Gasteiger partial charge in [-0.25, -0.2) is 8.78 Å². The number of methoxy groups -OCH3 is 1. The molecule has 4 nitrogen and oxygen atoms in total. The summed E-state index contributed by atoms with van der Waals surface area (Å²) in [5, 5.41) is 21.3. The molecule has 0 aliphatic carbocycles. The molecule has 0 radical (unpaired) electrons. The number of ether oxygens (including phenoxy) is 1. The molecule has 0 bridgehead atoms. The van der Waals surface area contributed by atoms with E-state index in [0.29, 0.717) is 12.1 Å². The van der Waals surface area contributed by atoms with Gasteiger partial charge in [0.05, 0.1) is 13.2 Å². The third-order valence-electron chi connectivity index (χ3n) is 4.82. The summed E-state index contributed by atoms with van der Waals surface area (Å²) in [4.78, 5) is 1.78. The number of aliphatic hydroxyl groups excluding tert-OH is 1. The number of rotatable bonds is 4. The molecule has 3 rings (SSSR count). The van der Waals surface area contributed by atoms with Crippen LogP contribution in [-0.2, 0) is 12.1 Å². The Morgan fingerprint density at radius 2 is 1.92 bits per heavy atom. The maximum Gasteiger partial charge on any atom is 0.167 e. The molecule has 6 heteroatoms. The van der Waals surface area contributed by atoms with Crippen LogP contribution < -0.4 is 4.74 Å². The third kappa shape index (κ3) is 3.38. The first-order valence-electron chi connectivity index (χ1n) is 8.15. The van der Waals surface area contributed by atoms with Crippen LogP contribution in [0.25, 0.3) is 0 Å². The summed E-state index contributed by atoms with van der Waals surface area (Å²) >= 11 is 0. The lowest BCUT2D eigenvalue weighted by molar-refractivity contribution is -0.126. The predicted molar refractivity (Wildman–Crippen MR) is 89.1 cm³/mol. The molecule has 1 aliphatic rings. The molecule has 1 aliphatic heterocycles. The molecule has 0 amide bonds. The van der Waals surface area contributed by atoms with E-state index in [2.05, 4.69) is 0 Å². The van der Waals surface area contributed by atoms with Crippen LogP contribution in [0, 0.1) is 11.6 Å². The number of halogens is 2. The second-order valence-corrected chi connectivity index (χ2v) is 6.33. The van der Waals surface area contributed by atoms with Gasteiger partial charge in [0.1, 0.15) is 11.4 Å². The van der Waals surface area contributed by atoms with E-state index in [1.807, 2.05) is 6.07 Å².